The van der Waals surface area contributed by atoms with E-state index in [0.717, 1.165) is 31.9 Å². The predicted octanol–water partition coefficient (Wildman–Crippen LogP) is 2.29. The molecule has 0 radical (unpaired) electrons. The fraction of sp³-hybridized carbons (Fsp3) is 0.650. The average molecular weight is 352 g/mol. The first-order valence-corrected chi connectivity index (χ1v) is 10.0. The van der Waals surface area contributed by atoms with Gasteiger partial charge in [0.15, 0.2) is 5.82 Å². The van der Waals surface area contributed by atoms with Crippen LogP contribution < -0.4 is 4.90 Å². The predicted molar refractivity (Wildman–Crippen MR) is 101 cm³/mol. The maximum Gasteiger partial charge on any atom is 0.151 e. The standard InChI is InChI=1S/C20H28N6/c1-24(13-19-16-5-3-4-6-18(16)23-25(19)2)15-11-26(12-15)20-10-9-17(21-22-20)14-7-8-14/h9-10,14-15H,3-8,11-13H2,1-2H3. The minimum Gasteiger partial charge on any atom is -0.352 e. The van der Waals surface area contributed by atoms with Crippen LogP contribution in [0.15, 0.2) is 12.1 Å². The highest BCUT2D eigenvalue weighted by atomic mass is 15.4. The fourth-order valence-corrected chi connectivity index (χ4v) is 4.33. The van der Waals surface area contributed by atoms with Gasteiger partial charge in [0.2, 0.25) is 0 Å². The highest BCUT2D eigenvalue weighted by Crippen LogP contribution is 2.39. The third kappa shape index (κ3) is 2.90. The third-order valence-electron chi connectivity index (χ3n) is 6.32. The minimum absolute atomic E-state index is 0.578. The van der Waals surface area contributed by atoms with Crippen LogP contribution in [0.5, 0.6) is 0 Å². The van der Waals surface area contributed by atoms with Crippen LogP contribution in [0.2, 0.25) is 0 Å². The van der Waals surface area contributed by atoms with Crippen molar-refractivity contribution in [2.24, 2.45) is 7.05 Å². The summed E-state index contributed by atoms with van der Waals surface area (Å²) in [5.41, 5.74) is 5.44. The van der Waals surface area contributed by atoms with Crippen molar-refractivity contribution in [1.29, 1.82) is 0 Å². The largest absolute Gasteiger partial charge is 0.352 e. The Morgan fingerprint density at radius 3 is 2.65 bits per heavy atom. The van der Waals surface area contributed by atoms with Crippen molar-refractivity contribution in [1.82, 2.24) is 24.9 Å². The lowest BCUT2D eigenvalue weighted by atomic mass is 9.95. The van der Waals surface area contributed by atoms with Crippen molar-refractivity contribution >= 4 is 5.82 Å². The SMILES string of the molecule is CN(Cc1c2c(nn1C)CCCC2)C1CN(c2ccc(C3CC3)nn2)C1. The Balaban J connectivity index is 1.20. The van der Waals surface area contributed by atoms with Gasteiger partial charge >= 0.3 is 0 Å². The van der Waals surface area contributed by atoms with E-state index in [2.05, 4.69) is 50.9 Å². The summed E-state index contributed by atoms with van der Waals surface area (Å²) in [5, 5.41) is 13.6. The van der Waals surface area contributed by atoms with Crippen molar-refractivity contribution in [3.63, 3.8) is 0 Å². The number of fused-ring (bicyclic) bond motifs is 1. The normalized spacial score (nSPS) is 20.3. The Bertz CT molecular complexity index is 785. The lowest BCUT2D eigenvalue weighted by Gasteiger charge is -2.44. The summed E-state index contributed by atoms with van der Waals surface area (Å²) in [5.74, 6) is 1.70. The Hall–Kier alpha value is -1.95. The Kier molecular flexibility index (Phi) is 3.96. The second kappa shape index (κ2) is 6.34. The van der Waals surface area contributed by atoms with Crippen molar-refractivity contribution in [3.8, 4) is 0 Å². The van der Waals surface area contributed by atoms with E-state index < -0.39 is 0 Å². The van der Waals surface area contributed by atoms with Gasteiger partial charge in [-0.25, -0.2) is 0 Å². The van der Waals surface area contributed by atoms with E-state index in [4.69, 9.17) is 5.10 Å². The van der Waals surface area contributed by atoms with E-state index in [-0.39, 0.29) is 0 Å². The van der Waals surface area contributed by atoms with Gasteiger partial charge in [0.05, 0.1) is 17.1 Å². The van der Waals surface area contributed by atoms with Crippen molar-refractivity contribution in [2.45, 2.75) is 57.0 Å². The summed E-state index contributed by atoms with van der Waals surface area (Å²) < 4.78 is 2.12. The van der Waals surface area contributed by atoms with Crippen LogP contribution in [-0.2, 0) is 26.4 Å². The van der Waals surface area contributed by atoms with Gasteiger partial charge in [0, 0.05) is 38.6 Å². The van der Waals surface area contributed by atoms with Crippen LogP contribution in [0.1, 0.15) is 54.2 Å². The van der Waals surface area contributed by atoms with Crippen LogP contribution >= 0.6 is 0 Å². The van der Waals surface area contributed by atoms with E-state index in [9.17, 15) is 0 Å². The zero-order valence-electron chi connectivity index (χ0n) is 15.9. The van der Waals surface area contributed by atoms with Crippen molar-refractivity contribution < 1.29 is 0 Å². The van der Waals surface area contributed by atoms with Crippen LogP contribution in [0.25, 0.3) is 0 Å². The van der Waals surface area contributed by atoms with Gasteiger partial charge in [-0.05, 0) is 63.3 Å². The number of aryl methyl sites for hydroxylation is 2. The first-order valence-electron chi connectivity index (χ1n) is 10.0. The molecule has 3 aliphatic rings. The van der Waals surface area contributed by atoms with E-state index >= 15 is 0 Å². The molecule has 0 spiro atoms. The molecular formula is C20H28N6. The summed E-state index contributed by atoms with van der Waals surface area (Å²) >= 11 is 0. The first-order chi connectivity index (χ1) is 12.7. The number of nitrogens with zero attached hydrogens (tertiary/aromatic N) is 6. The molecule has 2 aliphatic carbocycles. The highest BCUT2D eigenvalue weighted by molar-refractivity contribution is 5.42. The smallest absolute Gasteiger partial charge is 0.151 e. The third-order valence-corrected chi connectivity index (χ3v) is 6.32. The van der Waals surface area contributed by atoms with Gasteiger partial charge in [0.1, 0.15) is 0 Å². The molecule has 2 aromatic heterocycles. The topological polar surface area (TPSA) is 50.1 Å². The molecule has 1 saturated heterocycles. The zero-order valence-corrected chi connectivity index (χ0v) is 15.9. The van der Waals surface area contributed by atoms with Crippen molar-refractivity contribution in [2.75, 3.05) is 25.0 Å². The number of anilines is 1. The molecule has 0 N–H and O–H groups in total. The van der Waals surface area contributed by atoms with E-state index in [0.29, 0.717) is 12.0 Å². The second-order valence-electron chi connectivity index (χ2n) is 8.27. The monoisotopic (exact) mass is 352 g/mol. The molecule has 26 heavy (non-hydrogen) atoms. The maximum atomic E-state index is 4.76. The molecule has 2 aromatic rings. The number of aromatic nitrogens is 4. The molecule has 6 nitrogen and oxygen atoms in total. The van der Waals surface area contributed by atoms with E-state index in [1.54, 1.807) is 0 Å². The number of rotatable bonds is 5. The minimum atomic E-state index is 0.578. The van der Waals surface area contributed by atoms with Crippen molar-refractivity contribution in [3.05, 3.63) is 34.8 Å². The van der Waals surface area contributed by atoms with Gasteiger partial charge in [-0.15, -0.1) is 5.10 Å². The number of hydrogen-bond donors (Lipinski definition) is 0. The molecule has 3 heterocycles. The Morgan fingerprint density at radius 1 is 1.12 bits per heavy atom. The molecular weight excluding hydrogens is 324 g/mol. The Morgan fingerprint density at radius 2 is 1.92 bits per heavy atom. The molecule has 6 heteroatoms. The summed E-state index contributed by atoms with van der Waals surface area (Å²) in [6, 6.07) is 4.89. The molecule has 0 unspecified atom stereocenters. The lowest BCUT2D eigenvalue weighted by Crippen LogP contribution is -2.58. The molecule has 0 bridgehead atoms. The van der Waals surface area contributed by atoms with Crippen LogP contribution in [0.3, 0.4) is 0 Å². The van der Waals surface area contributed by atoms with E-state index in [1.165, 1.54) is 54.7 Å². The summed E-state index contributed by atoms with van der Waals surface area (Å²) in [6.07, 6.45) is 7.51. The number of likely N-dealkylation sites (N-methyl/N-ethyl adjacent to an activating group) is 1. The van der Waals surface area contributed by atoms with Crippen LogP contribution in [-0.4, -0.2) is 51.1 Å². The quantitative estimate of drug-likeness (QED) is 0.826. The summed E-state index contributed by atoms with van der Waals surface area (Å²) in [7, 11) is 4.34. The molecule has 1 aliphatic heterocycles. The fourth-order valence-electron chi connectivity index (χ4n) is 4.33. The van der Waals surface area contributed by atoms with E-state index in [1.807, 2.05) is 0 Å². The summed E-state index contributed by atoms with van der Waals surface area (Å²) in [4.78, 5) is 4.82. The lowest BCUT2D eigenvalue weighted by molar-refractivity contribution is 0.192. The molecule has 0 aromatic carbocycles. The van der Waals surface area contributed by atoms with Gasteiger partial charge in [-0.2, -0.15) is 10.2 Å². The summed E-state index contributed by atoms with van der Waals surface area (Å²) in [6.45, 7) is 3.06. The zero-order chi connectivity index (χ0) is 17.7. The van der Waals surface area contributed by atoms with Gasteiger partial charge in [-0.1, -0.05) is 0 Å². The molecule has 2 fully saturated rings. The molecule has 0 atom stereocenters. The second-order valence-corrected chi connectivity index (χ2v) is 8.27. The number of hydrogen-bond acceptors (Lipinski definition) is 5. The average Bonchev–Trinajstić information content (AvgIpc) is 3.40. The molecule has 1 saturated carbocycles. The van der Waals surface area contributed by atoms with Gasteiger partial charge < -0.3 is 4.90 Å². The molecule has 5 rings (SSSR count). The van der Waals surface area contributed by atoms with Crippen LogP contribution in [0, 0.1) is 0 Å². The van der Waals surface area contributed by atoms with Gasteiger partial charge in [-0.3, -0.25) is 9.58 Å². The highest BCUT2D eigenvalue weighted by Gasteiger charge is 2.33. The molecule has 138 valence electrons. The van der Waals surface area contributed by atoms with Gasteiger partial charge in [0.25, 0.3) is 0 Å². The maximum absolute atomic E-state index is 4.76. The Labute approximate surface area is 155 Å². The van der Waals surface area contributed by atoms with Crippen LogP contribution in [0.4, 0.5) is 5.82 Å². The molecule has 0 amide bonds. The first kappa shape index (κ1) is 16.2.